The molecule has 0 unspecified atom stereocenters. The van der Waals surface area contributed by atoms with Gasteiger partial charge in [0.05, 0.1) is 22.3 Å². The maximum atomic E-state index is 11.8. The van der Waals surface area contributed by atoms with Crippen molar-refractivity contribution in [3.63, 3.8) is 0 Å². The van der Waals surface area contributed by atoms with E-state index < -0.39 is 5.60 Å². The molecule has 0 fully saturated rings. The average molecular weight is 303 g/mol. The summed E-state index contributed by atoms with van der Waals surface area (Å²) in [5.41, 5.74) is 0.496. The fourth-order valence-corrected chi connectivity index (χ4v) is 2.26. The lowest BCUT2D eigenvalue weighted by Gasteiger charge is -2.15. The van der Waals surface area contributed by atoms with Gasteiger partial charge >= 0.3 is 0 Å². The van der Waals surface area contributed by atoms with Crippen LogP contribution in [0.4, 0.5) is 0 Å². The summed E-state index contributed by atoms with van der Waals surface area (Å²) >= 11 is 3.48. The number of carbonyl (C=O) groups excluding carboxylic acids is 1. The van der Waals surface area contributed by atoms with E-state index in [1.54, 1.807) is 0 Å². The molecular formula is C12H19BrN2O2. The van der Waals surface area contributed by atoms with E-state index in [-0.39, 0.29) is 12.2 Å². The summed E-state index contributed by atoms with van der Waals surface area (Å²) in [6.45, 7) is 7.74. The Morgan fingerprint density at radius 1 is 1.47 bits per heavy atom. The molecule has 0 amide bonds. The Morgan fingerprint density at radius 3 is 2.47 bits per heavy atom. The minimum absolute atomic E-state index is 0.199. The Kier molecular flexibility index (Phi) is 4.49. The van der Waals surface area contributed by atoms with Gasteiger partial charge in [-0.1, -0.05) is 6.92 Å². The first-order chi connectivity index (χ1) is 7.81. The Balaban J connectivity index is 3.05. The number of halogens is 1. The number of hydrogen-bond donors (Lipinski definition) is 1. The highest BCUT2D eigenvalue weighted by atomic mass is 79.9. The molecular weight excluding hydrogens is 284 g/mol. The van der Waals surface area contributed by atoms with Gasteiger partial charge in [0.15, 0.2) is 5.78 Å². The molecule has 1 N–H and O–H groups in total. The van der Waals surface area contributed by atoms with Crippen LogP contribution in [0.5, 0.6) is 0 Å². The lowest BCUT2D eigenvalue weighted by molar-refractivity contribution is -0.133. The summed E-state index contributed by atoms with van der Waals surface area (Å²) in [5, 5.41) is 14.1. The number of Topliss-reactive ketones (excluding diaryl/α,β-unsaturated/α-hetero) is 1. The molecule has 1 aromatic heterocycles. The molecule has 5 heteroatoms. The van der Waals surface area contributed by atoms with E-state index in [2.05, 4.69) is 21.0 Å². The van der Waals surface area contributed by atoms with Gasteiger partial charge in [-0.3, -0.25) is 9.48 Å². The first-order valence-corrected chi connectivity index (χ1v) is 6.60. The fraction of sp³-hybridized carbons (Fsp3) is 0.667. The first-order valence-electron chi connectivity index (χ1n) is 5.81. The third-order valence-electron chi connectivity index (χ3n) is 2.70. The molecule has 0 spiro atoms. The van der Waals surface area contributed by atoms with Crippen LogP contribution in [-0.2, 0) is 24.2 Å². The average Bonchev–Trinajstić information content (AvgIpc) is 2.54. The van der Waals surface area contributed by atoms with Crippen LogP contribution in [0.25, 0.3) is 0 Å². The van der Waals surface area contributed by atoms with E-state index in [0.717, 1.165) is 22.3 Å². The lowest BCUT2D eigenvalue weighted by atomic mass is 9.99. The Morgan fingerprint density at radius 2 is 2.06 bits per heavy atom. The maximum absolute atomic E-state index is 11.8. The van der Waals surface area contributed by atoms with Crippen molar-refractivity contribution in [1.29, 1.82) is 0 Å². The maximum Gasteiger partial charge on any atom is 0.169 e. The molecule has 0 atom stereocenters. The number of aromatic nitrogens is 2. The smallest absolute Gasteiger partial charge is 0.169 e. The Bertz CT molecular complexity index is 419. The number of aliphatic hydroxyl groups is 1. The third-order valence-corrected chi connectivity index (χ3v) is 3.62. The van der Waals surface area contributed by atoms with E-state index >= 15 is 0 Å². The third kappa shape index (κ3) is 3.16. The number of carbonyl (C=O) groups is 1. The molecule has 96 valence electrons. The van der Waals surface area contributed by atoms with Gasteiger partial charge in [0.25, 0.3) is 0 Å². The van der Waals surface area contributed by atoms with Crippen LogP contribution >= 0.6 is 15.9 Å². The standard InChI is InChI=1S/C12H19BrN2O2/c1-5-8-11(13)9(15(6-2)14-8)7-10(16)12(3,4)17/h17H,5-7H2,1-4H3. The molecule has 0 aromatic carbocycles. The van der Waals surface area contributed by atoms with Gasteiger partial charge in [-0.2, -0.15) is 5.10 Å². The van der Waals surface area contributed by atoms with Gasteiger partial charge in [0, 0.05) is 6.54 Å². The monoisotopic (exact) mass is 302 g/mol. The van der Waals surface area contributed by atoms with E-state index in [4.69, 9.17) is 0 Å². The number of nitrogens with zero attached hydrogens (tertiary/aromatic N) is 2. The van der Waals surface area contributed by atoms with Crippen LogP contribution in [-0.4, -0.2) is 26.3 Å². The summed E-state index contributed by atoms with van der Waals surface area (Å²) in [4.78, 5) is 11.8. The van der Waals surface area contributed by atoms with Gasteiger partial charge < -0.3 is 5.11 Å². The fourth-order valence-electron chi connectivity index (χ4n) is 1.55. The van der Waals surface area contributed by atoms with Crippen molar-refractivity contribution >= 4 is 21.7 Å². The molecule has 1 aromatic rings. The predicted octanol–water partition coefficient (Wildman–Crippen LogP) is 2.11. The predicted molar refractivity (Wildman–Crippen MR) is 70.0 cm³/mol. The summed E-state index contributed by atoms with van der Waals surface area (Å²) in [6.07, 6.45) is 1.02. The molecule has 0 aliphatic carbocycles. The number of hydrogen-bond acceptors (Lipinski definition) is 3. The molecule has 0 aliphatic rings. The van der Waals surface area contributed by atoms with Crippen LogP contribution in [0, 0.1) is 0 Å². The van der Waals surface area contributed by atoms with Crippen molar-refractivity contribution in [2.45, 2.75) is 52.7 Å². The van der Waals surface area contributed by atoms with E-state index in [9.17, 15) is 9.90 Å². The van der Waals surface area contributed by atoms with E-state index in [1.165, 1.54) is 13.8 Å². The lowest BCUT2D eigenvalue weighted by Crippen LogP contribution is -2.33. The van der Waals surface area contributed by atoms with E-state index in [0.29, 0.717) is 6.54 Å². The Hall–Kier alpha value is -0.680. The summed E-state index contributed by atoms with van der Waals surface area (Å²) in [7, 11) is 0. The number of rotatable bonds is 5. The second kappa shape index (κ2) is 5.31. The molecule has 0 saturated heterocycles. The zero-order valence-electron chi connectivity index (χ0n) is 10.7. The molecule has 1 heterocycles. The first kappa shape index (κ1) is 14.4. The second-order valence-electron chi connectivity index (χ2n) is 4.54. The number of aryl methyl sites for hydroxylation is 2. The van der Waals surface area contributed by atoms with Gasteiger partial charge in [-0.05, 0) is 43.1 Å². The van der Waals surface area contributed by atoms with Crippen molar-refractivity contribution in [3.8, 4) is 0 Å². The largest absolute Gasteiger partial charge is 0.383 e. The van der Waals surface area contributed by atoms with Gasteiger partial charge in [-0.15, -0.1) is 0 Å². The van der Waals surface area contributed by atoms with Gasteiger partial charge in [-0.25, -0.2) is 0 Å². The van der Waals surface area contributed by atoms with Crippen LogP contribution in [0.2, 0.25) is 0 Å². The minimum atomic E-state index is -1.30. The quantitative estimate of drug-likeness (QED) is 0.906. The zero-order chi connectivity index (χ0) is 13.2. The second-order valence-corrected chi connectivity index (χ2v) is 5.33. The van der Waals surface area contributed by atoms with Crippen molar-refractivity contribution in [1.82, 2.24) is 9.78 Å². The topological polar surface area (TPSA) is 55.1 Å². The summed E-state index contributed by atoms with van der Waals surface area (Å²) in [6, 6.07) is 0. The van der Waals surface area contributed by atoms with Crippen LogP contribution in [0.1, 0.15) is 39.1 Å². The molecule has 4 nitrogen and oxygen atoms in total. The number of ketones is 1. The van der Waals surface area contributed by atoms with Crippen molar-refractivity contribution < 1.29 is 9.90 Å². The van der Waals surface area contributed by atoms with Crippen LogP contribution in [0.15, 0.2) is 4.47 Å². The minimum Gasteiger partial charge on any atom is -0.383 e. The molecule has 0 bridgehead atoms. The van der Waals surface area contributed by atoms with Crippen molar-refractivity contribution in [2.24, 2.45) is 0 Å². The molecule has 0 radical (unpaired) electrons. The molecule has 17 heavy (non-hydrogen) atoms. The highest BCUT2D eigenvalue weighted by Gasteiger charge is 2.26. The SMILES string of the molecule is CCc1nn(CC)c(CC(=O)C(C)(C)O)c1Br. The highest BCUT2D eigenvalue weighted by molar-refractivity contribution is 9.10. The van der Waals surface area contributed by atoms with Crippen molar-refractivity contribution in [3.05, 3.63) is 15.9 Å². The Labute approximate surface area is 110 Å². The molecule has 0 saturated carbocycles. The van der Waals surface area contributed by atoms with Gasteiger partial charge in [0.1, 0.15) is 5.60 Å². The highest BCUT2D eigenvalue weighted by Crippen LogP contribution is 2.24. The van der Waals surface area contributed by atoms with Crippen LogP contribution in [0.3, 0.4) is 0 Å². The van der Waals surface area contributed by atoms with Gasteiger partial charge in [0.2, 0.25) is 0 Å². The zero-order valence-corrected chi connectivity index (χ0v) is 12.3. The summed E-state index contributed by atoms with van der Waals surface area (Å²) in [5.74, 6) is -0.199. The van der Waals surface area contributed by atoms with Crippen molar-refractivity contribution in [2.75, 3.05) is 0 Å². The normalized spacial score (nSPS) is 11.9. The summed E-state index contributed by atoms with van der Waals surface area (Å²) < 4.78 is 2.70. The molecule has 1 rings (SSSR count). The molecule has 0 aliphatic heterocycles. The van der Waals surface area contributed by atoms with E-state index in [1.807, 2.05) is 18.5 Å². The van der Waals surface area contributed by atoms with Crippen LogP contribution < -0.4 is 0 Å².